The van der Waals surface area contributed by atoms with Crippen molar-refractivity contribution in [1.82, 2.24) is 20.0 Å². The zero-order chi connectivity index (χ0) is 25.8. The molecule has 2 unspecified atom stereocenters. The van der Waals surface area contributed by atoms with E-state index in [-0.39, 0.29) is 35.3 Å². The molecule has 12 heteroatoms. The summed E-state index contributed by atoms with van der Waals surface area (Å²) in [5.74, 6) is 0.361. The van der Waals surface area contributed by atoms with Crippen molar-refractivity contribution in [3.05, 3.63) is 45.9 Å². The lowest BCUT2D eigenvalue weighted by Gasteiger charge is -2.17. The third-order valence-corrected chi connectivity index (χ3v) is 7.31. The van der Waals surface area contributed by atoms with Gasteiger partial charge < -0.3 is 24.6 Å². The Labute approximate surface area is 217 Å². The van der Waals surface area contributed by atoms with Gasteiger partial charge in [0.2, 0.25) is 5.91 Å². The molecule has 5 rings (SSSR count). The van der Waals surface area contributed by atoms with Crippen LogP contribution in [0.5, 0.6) is 0 Å². The predicted octanol–water partition coefficient (Wildman–Crippen LogP) is 2.51. The highest BCUT2D eigenvalue weighted by Gasteiger charge is 2.22. The molecule has 2 atom stereocenters. The normalized spacial score (nSPS) is 19.4. The Morgan fingerprint density at radius 2 is 1.92 bits per heavy atom. The summed E-state index contributed by atoms with van der Waals surface area (Å²) in [7, 11) is 0. The number of nitrogens with one attached hydrogen (secondary N) is 2. The molecule has 0 aliphatic carbocycles. The van der Waals surface area contributed by atoms with Crippen LogP contribution >= 0.6 is 11.8 Å². The van der Waals surface area contributed by atoms with Crippen LogP contribution in [0.1, 0.15) is 41.8 Å². The smallest absolute Gasteiger partial charge is 0.262 e. The number of nitrogens with zero attached hydrogens (tertiary/aromatic N) is 3. The van der Waals surface area contributed by atoms with Gasteiger partial charge in [-0.1, -0.05) is 16.9 Å². The first-order valence-electron chi connectivity index (χ1n) is 12.4. The topological polar surface area (TPSA) is 138 Å². The van der Waals surface area contributed by atoms with Gasteiger partial charge in [0.15, 0.2) is 11.0 Å². The summed E-state index contributed by atoms with van der Waals surface area (Å²) in [6.07, 6.45) is 3.65. The van der Waals surface area contributed by atoms with Crippen LogP contribution in [0.4, 0.5) is 5.82 Å². The monoisotopic (exact) mass is 527 g/mol. The molecule has 2 fully saturated rings. The second kappa shape index (κ2) is 11.4. The van der Waals surface area contributed by atoms with Crippen LogP contribution in [0.3, 0.4) is 0 Å². The van der Waals surface area contributed by atoms with Gasteiger partial charge >= 0.3 is 0 Å². The zero-order valence-corrected chi connectivity index (χ0v) is 21.3. The maximum absolute atomic E-state index is 13.5. The Balaban J connectivity index is 1.37. The molecule has 11 nitrogen and oxygen atoms in total. The van der Waals surface area contributed by atoms with Crippen molar-refractivity contribution in [2.24, 2.45) is 0 Å². The fourth-order valence-electron chi connectivity index (χ4n) is 4.45. The number of hydrogen-bond donors (Lipinski definition) is 2. The molecule has 4 heterocycles. The highest BCUT2D eigenvalue weighted by Crippen LogP contribution is 2.22. The molecule has 196 valence electrons. The number of aromatic nitrogens is 3. The van der Waals surface area contributed by atoms with Crippen molar-refractivity contribution in [3.8, 4) is 0 Å². The van der Waals surface area contributed by atoms with Crippen LogP contribution in [0.15, 0.2) is 38.7 Å². The zero-order valence-electron chi connectivity index (χ0n) is 20.5. The Kier molecular flexibility index (Phi) is 7.87. The predicted molar refractivity (Wildman–Crippen MR) is 137 cm³/mol. The number of carbonyl (C=O) groups excluding carboxylic acids is 2. The van der Waals surface area contributed by atoms with E-state index in [0.717, 1.165) is 44.1 Å². The minimum absolute atomic E-state index is 0.0109. The van der Waals surface area contributed by atoms with Gasteiger partial charge in [-0.05, 0) is 50.8 Å². The SMILES string of the molecule is Cc1cc(NC(=O)CSc2nc3cc(C(=O)NCC4CCCO4)ccc3c(=O)n2CC2CCCO2)no1. The minimum Gasteiger partial charge on any atom is -0.376 e. The van der Waals surface area contributed by atoms with Gasteiger partial charge in [0.05, 0.1) is 35.4 Å². The first-order valence-corrected chi connectivity index (χ1v) is 13.4. The van der Waals surface area contributed by atoms with Crippen molar-refractivity contribution in [1.29, 1.82) is 0 Å². The number of amides is 2. The number of anilines is 1. The van der Waals surface area contributed by atoms with Gasteiger partial charge in [0.1, 0.15) is 5.76 Å². The summed E-state index contributed by atoms with van der Waals surface area (Å²) in [5.41, 5.74) is 0.569. The van der Waals surface area contributed by atoms with E-state index >= 15 is 0 Å². The number of benzene rings is 1. The quantitative estimate of drug-likeness (QED) is 0.318. The molecular formula is C25H29N5O6S. The first kappa shape index (κ1) is 25.4. The van der Waals surface area contributed by atoms with Crippen molar-refractivity contribution >= 4 is 40.3 Å². The summed E-state index contributed by atoms with van der Waals surface area (Å²) >= 11 is 1.14. The van der Waals surface area contributed by atoms with Crippen molar-refractivity contribution in [2.75, 3.05) is 30.8 Å². The van der Waals surface area contributed by atoms with Gasteiger partial charge in [0.25, 0.3) is 11.5 Å². The minimum atomic E-state index is -0.307. The van der Waals surface area contributed by atoms with Gasteiger partial charge in [-0.15, -0.1) is 0 Å². The van der Waals surface area contributed by atoms with E-state index in [4.69, 9.17) is 19.0 Å². The molecule has 0 radical (unpaired) electrons. The Bertz CT molecular complexity index is 1340. The molecular weight excluding hydrogens is 498 g/mol. The number of aryl methyl sites for hydroxylation is 1. The van der Waals surface area contributed by atoms with E-state index in [9.17, 15) is 14.4 Å². The number of fused-ring (bicyclic) bond motifs is 1. The number of ether oxygens (including phenoxy) is 2. The molecule has 1 aromatic carbocycles. The summed E-state index contributed by atoms with van der Waals surface area (Å²) in [5, 5.41) is 10.1. The second-order valence-corrected chi connectivity index (χ2v) is 10.1. The van der Waals surface area contributed by atoms with Gasteiger partial charge in [-0.3, -0.25) is 19.0 Å². The average molecular weight is 528 g/mol. The second-order valence-electron chi connectivity index (χ2n) is 9.18. The van der Waals surface area contributed by atoms with Gasteiger partial charge in [0, 0.05) is 31.4 Å². The molecule has 0 saturated carbocycles. The standard InChI is InChI=1S/C25H29N5O6S/c1-15-10-21(29-36-15)28-22(31)14-37-25-27-20-11-16(23(32)26-12-17-4-2-8-34-17)6-7-19(20)24(33)30(25)13-18-5-3-9-35-18/h6-7,10-11,17-18H,2-5,8-9,12-14H2,1H3,(H,26,32)(H,28,29,31). The Morgan fingerprint density at radius 1 is 1.14 bits per heavy atom. The summed E-state index contributed by atoms with van der Waals surface area (Å²) in [6.45, 7) is 3.89. The van der Waals surface area contributed by atoms with E-state index in [1.807, 2.05) is 0 Å². The fourth-order valence-corrected chi connectivity index (χ4v) is 5.26. The highest BCUT2D eigenvalue weighted by atomic mass is 32.2. The van der Waals surface area contributed by atoms with Crippen LogP contribution in [-0.2, 0) is 20.8 Å². The number of hydrogen-bond acceptors (Lipinski definition) is 9. The lowest BCUT2D eigenvalue weighted by molar-refractivity contribution is -0.113. The molecule has 37 heavy (non-hydrogen) atoms. The van der Waals surface area contributed by atoms with Crippen LogP contribution < -0.4 is 16.2 Å². The molecule has 2 saturated heterocycles. The molecule has 2 N–H and O–H groups in total. The third-order valence-electron chi connectivity index (χ3n) is 6.33. The van der Waals surface area contributed by atoms with Crippen LogP contribution in [-0.4, -0.2) is 64.2 Å². The summed E-state index contributed by atoms with van der Waals surface area (Å²) in [6, 6.07) is 6.49. The van der Waals surface area contributed by atoms with Crippen molar-refractivity contribution in [3.63, 3.8) is 0 Å². The van der Waals surface area contributed by atoms with Crippen LogP contribution in [0, 0.1) is 6.92 Å². The molecule has 0 spiro atoms. The molecule has 2 amide bonds. The van der Waals surface area contributed by atoms with E-state index in [1.54, 1.807) is 35.8 Å². The number of carbonyl (C=O) groups is 2. The van der Waals surface area contributed by atoms with Gasteiger partial charge in [-0.25, -0.2) is 4.98 Å². The summed E-state index contributed by atoms with van der Waals surface area (Å²) in [4.78, 5) is 43.4. The Morgan fingerprint density at radius 3 is 2.62 bits per heavy atom. The van der Waals surface area contributed by atoms with Crippen molar-refractivity contribution in [2.45, 2.75) is 56.5 Å². The molecule has 2 aliphatic heterocycles. The van der Waals surface area contributed by atoms with Crippen molar-refractivity contribution < 1.29 is 23.6 Å². The molecule has 2 aliphatic rings. The van der Waals surface area contributed by atoms with E-state index in [0.29, 0.717) is 52.9 Å². The average Bonchev–Trinajstić information content (AvgIpc) is 3.67. The molecule has 0 bridgehead atoms. The maximum atomic E-state index is 13.5. The van der Waals surface area contributed by atoms with Crippen LogP contribution in [0.2, 0.25) is 0 Å². The molecule has 2 aromatic heterocycles. The number of rotatable bonds is 9. The van der Waals surface area contributed by atoms with E-state index in [1.165, 1.54) is 0 Å². The highest BCUT2D eigenvalue weighted by molar-refractivity contribution is 7.99. The largest absolute Gasteiger partial charge is 0.376 e. The van der Waals surface area contributed by atoms with Crippen LogP contribution in [0.25, 0.3) is 10.9 Å². The van der Waals surface area contributed by atoms with Gasteiger partial charge in [-0.2, -0.15) is 0 Å². The lowest BCUT2D eigenvalue weighted by atomic mass is 10.1. The Hall–Kier alpha value is -3.22. The first-order chi connectivity index (χ1) is 18.0. The third kappa shape index (κ3) is 6.20. The van der Waals surface area contributed by atoms with E-state index in [2.05, 4.69) is 15.8 Å². The molecule has 3 aromatic rings. The number of thioether (sulfide) groups is 1. The lowest BCUT2D eigenvalue weighted by Crippen LogP contribution is -2.32. The summed E-state index contributed by atoms with van der Waals surface area (Å²) < 4.78 is 17.9. The maximum Gasteiger partial charge on any atom is 0.262 e. The fraction of sp³-hybridized carbons (Fsp3) is 0.480. The van der Waals surface area contributed by atoms with E-state index < -0.39 is 0 Å².